The zero-order valence-corrected chi connectivity index (χ0v) is 11.1. The van der Waals surface area contributed by atoms with E-state index in [0.29, 0.717) is 6.54 Å². The van der Waals surface area contributed by atoms with E-state index in [4.69, 9.17) is 5.73 Å². The van der Waals surface area contributed by atoms with Crippen molar-refractivity contribution < 1.29 is 17.9 Å². The van der Waals surface area contributed by atoms with Crippen LogP contribution in [0.5, 0.6) is 5.75 Å². The molecular weight excluding hydrogens is 257 g/mol. The molecule has 0 bridgehead atoms. The molecule has 0 aromatic heterocycles. The van der Waals surface area contributed by atoms with Gasteiger partial charge in [-0.25, -0.2) is 0 Å². The first-order chi connectivity index (χ1) is 8.91. The number of rotatable bonds is 6. The first kappa shape index (κ1) is 15.8. The van der Waals surface area contributed by atoms with Crippen molar-refractivity contribution in [1.82, 2.24) is 4.90 Å². The number of halogens is 3. The minimum Gasteiger partial charge on any atom is -0.406 e. The van der Waals surface area contributed by atoms with Gasteiger partial charge in [-0.15, -0.1) is 13.2 Å². The van der Waals surface area contributed by atoms with Crippen molar-refractivity contribution in [2.75, 3.05) is 19.6 Å². The van der Waals surface area contributed by atoms with Crippen molar-refractivity contribution in [2.24, 2.45) is 5.73 Å². The van der Waals surface area contributed by atoms with Gasteiger partial charge in [0, 0.05) is 12.6 Å². The van der Waals surface area contributed by atoms with Crippen LogP contribution < -0.4 is 10.5 Å². The van der Waals surface area contributed by atoms with Crippen molar-refractivity contribution in [3.05, 3.63) is 29.8 Å². The van der Waals surface area contributed by atoms with Gasteiger partial charge in [0.05, 0.1) is 0 Å². The Bertz CT molecular complexity index is 392. The fourth-order valence-corrected chi connectivity index (χ4v) is 2.08. The van der Waals surface area contributed by atoms with E-state index in [1.807, 2.05) is 13.8 Å². The lowest BCUT2D eigenvalue weighted by Crippen LogP contribution is -2.33. The van der Waals surface area contributed by atoms with Crippen LogP contribution in [0.3, 0.4) is 0 Å². The Labute approximate surface area is 111 Å². The Kier molecular flexibility index (Phi) is 5.62. The van der Waals surface area contributed by atoms with Crippen LogP contribution in [0.4, 0.5) is 13.2 Å². The molecule has 0 aliphatic rings. The summed E-state index contributed by atoms with van der Waals surface area (Å²) < 4.78 is 40.5. The third kappa shape index (κ3) is 4.72. The smallest absolute Gasteiger partial charge is 0.406 e. The van der Waals surface area contributed by atoms with Gasteiger partial charge in [-0.05, 0) is 30.8 Å². The molecule has 0 heterocycles. The summed E-state index contributed by atoms with van der Waals surface area (Å²) in [5, 5.41) is 0. The highest BCUT2D eigenvalue weighted by atomic mass is 19.4. The Morgan fingerprint density at radius 3 is 2.37 bits per heavy atom. The summed E-state index contributed by atoms with van der Waals surface area (Å²) in [7, 11) is 0. The van der Waals surface area contributed by atoms with E-state index >= 15 is 0 Å². The summed E-state index contributed by atoms with van der Waals surface area (Å²) in [5.41, 5.74) is 6.46. The molecule has 0 fully saturated rings. The average Bonchev–Trinajstić information content (AvgIpc) is 2.34. The van der Waals surface area contributed by atoms with Crippen LogP contribution in [0.1, 0.15) is 25.5 Å². The topological polar surface area (TPSA) is 38.5 Å². The number of likely N-dealkylation sites (N-methyl/N-ethyl adjacent to an activating group) is 1. The van der Waals surface area contributed by atoms with E-state index in [0.717, 1.165) is 18.7 Å². The standard InChI is InChI=1S/C13H19F3N2O/c1-3-18(4-2)12(9-17)10-6-5-7-11(8-10)19-13(14,15)16/h5-8,12H,3-4,9,17H2,1-2H3. The quantitative estimate of drug-likeness (QED) is 0.868. The SMILES string of the molecule is CCN(CC)C(CN)c1cccc(OC(F)(F)F)c1. The van der Waals surface area contributed by atoms with Crippen molar-refractivity contribution in [3.63, 3.8) is 0 Å². The van der Waals surface area contributed by atoms with E-state index in [9.17, 15) is 13.2 Å². The molecule has 108 valence electrons. The molecule has 6 heteroatoms. The molecule has 0 radical (unpaired) electrons. The molecule has 2 N–H and O–H groups in total. The maximum absolute atomic E-state index is 12.2. The Morgan fingerprint density at radius 2 is 1.89 bits per heavy atom. The van der Waals surface area contributed by atoms with Crippen LogP contribution in [0.15, 0.2) is 24.3 Å². The second kappa shape index (κ2) is 6.77. The van der Waals surface area contributed by atoms with Gasteiger partial charge in [-0.1, -0.05) is 26.0 Å². The molecule has 1 aromatic rings. The van der Waals surface area contributed by atoms with Crippen molar-refractivity contribution >= 4 is 0 Å². The van der Waals surface area contributed by atoms with E-state index in [1.165, 1.54) is 12.1 Å². The van der Waals surface area contributed by atoms with Crippen LogP contribution in [0, 0.1) is 0 Å². The molecule has 19 heavy (non-hydrogen) atoms. The van der Waals surface area contributed by atoms with Crippen molar-refractivity contribution in [3.8, 4) is 5.75 Å². The molecule has 0 saturated heterocycles. The number of alkyl halides is 3. The fourth-order valence-electron chi connectivity index (χ4n) is 2.08. The Hall–Kier alpha value is -1.27. The molecule has 0 saturated carbocycles. The highest BCUT2D eigenvalue weighted by Gasteiger charge is 2.31. The van der Waals surface area contributed by atoms with Gasteiger partial charge in [-0.3, -0.25) is 4.90 Å². The zero-order valence-electron chi connectivity index (χ0n) is 11.1. The fraction of sp³-hybridized carbons (Fsp3) is 0.538. The number of benzene rings is 1. The molecule has 1 rings (SSSR count). The molecular formula is C13H19F3N2O. The maximum atomic E-state index is 12.2. The number of hydrogen-bond donors (Lipinski definition) is 1. The minimum atomic E-state index is -4.67. The lowest BCUT2D eigenvalue weighted by atomic mass is 10.0. The third-order valence-corrected chi connectivity index (χ3v) is 2.95. The van der Waals surface area contributed by atoms with E-state index in [-0.39, 0.29) is 11.8 Å². The van der Waals surface area contributed by atoms with Gasteiger partial charge in [0.1, 0.15) is 5.75 Å². The summed E-state index contributed by atoms with van der Waals surface area (Å²) in [6.45, 7) is 5.88. The third-order valence-electron chi connectivity index (χ3n) is 2.95. The molecule has 0 spiro atoms. The van der Waals surface area contributed by atoms with Gasteiger partial charge in [0.2, 0.25) is 0 Å². The highest BCUT2D eigenvalue weighted by Crippen LogP contribution is 2.27. The molecule has 0 aliphatic heterocycles. The monoisotopic (exact) mass is 276 g/mol. The molecule has 1 atom stereocenters. The number of nitrogens with zero attached hydrogens (tertiary/aromatic N) is 1. The second-order valence-corrected chi connectivity index (χ2v) is 4.09. The van der Waals surface area contributed by atoms with Crippen LogP contribution >= 0.6 is 0 Å². The molecule has 3 nitrogen and oxygen atoms in total. The summed E-state index contributed by atoms with van der Waals surface area (Å²) in [5.74, 6) is -0.212. The molecule has 0 aliphatic carbocycles. The second-order valence-electron chi connectivity index (χ2n) is 4.09. The minimum absolute atomic E-state index is 0.105. The first-order valence-corrected chi connectivity index (χ1v) is 6.21. The van der Waals surface area contributed by atoms with Gasteiger partial charge < -0.3 is 10.5 Å². The summed E-state index contributed by atoms with van der Waals surface area (Å²) in [4.78, 5) is 2.09. The van der Waals surface area contributed by atoms with Gasteiger partial charge in [-0.2, -0.15) is 0 Å². The van der Waals surface area contributed by atoms with Gasteiger partial charge in [0.15, 0.2) is 0 Å². The predicted molar refractivity (Wildman–Crippen MR) is 67.8 cm³/mol. The number of hydrogen-bond acceptors (Lipinski definition) is 3. The summed E-state index contributed by atoms with van der Waals surface area (Å²) in [6.07, 6.45) is -4.67. The number of ether oxygens (including phenoxy) is 1. The number of nitrogens with two attached hydrogens (primary N) is 1. The zero-order chi connectivity index (χ0) is 14.5. The van der Waals surface area contributed by atoms with Gasteiger partial charge in [0.25, 0.3) is 0 Å². The van der Waals surface area contributed by atoms with Crippen LogP contribution in [0.25, 0.3) is 0 Å². The highest BCUT2D eigenvalue weighted by molar-refractivity contribution is 5.31. The average molecular weight is 276 g/mol. The maximum Gasteiger partial charge on any atom is 0.573 e. The summed E-state index contributed by atoms with van der Waals surface area (Å²) in [6, 6.07) is 5.88. The molecule has 1 unspecified atom stereocenters. The molecule has 1 aromatic carbocycles. The largest absolute Gasteiger partial charge is 0.573 e. The summed E-state index contributed by atoms with van der Waals surface area (Å²) >= 11 is 0. The van der Waals surface area contributed by atoms with E-state index in [2.05, 4.69) is 9.64 Å². The Morgan fingerprint density at radius 1 is 1.26 bits per heavy atom. The van der Waals surface area contributed by atoms with Crippen LogP contribution in [0.2, 0.25) is 0 Å². The lowest BCUT2D eigenvalue weighted by Gasteiger charge is -2.29. The van der Waals surface area contributed by atoms with E-state index < -0.39 is 6.36 Å². The van der Waals surface area contributed by atoms with E-state index in [1.54, 1.807) is 12.1 Å². The van der Waals surface area contributed by atoms with Crippen LogP contribution in [-0.2, 0) is 0 Å². The normalized spacial score (nSPS) is 13.6. The van der Waals surface area contributed by atoms with Gasteiger partial charge >= 0.3 is 6.36 Å². The van der Waals surface area contributed by atoms with Crippen molar-refractivity contribution in [1.29, 1.82) is 0 Å². The molecule has 0 amide bonds. The van der Waals surface area contributed by atoms with Crippen LogP contribution in [-0.4, -0.2) is 30.9 Å². The first-order valence-electron chi connectivity index (χ1n) is 6.21. The predicted octanol–water partition coefficient (Wildman–Crippen LogP) is 2.93. The lowest BCUT2D eigenvalue weighted by molar-refractivity contribution is -0.274. The van der Waals surface area contributed by atoms with Crippen molar-refractivity contribution in [2.45, 2.75) is 26.3 Å². The Balaban J connectivity index is 2.96.